The number of nitrogens with one attached hydrogen (secondary N) is 2. The number of rotatable bonds is 8. The molecule has 4 rings (SSSR count). The van der Waals surface area contributed by atoms with Crippen LogP contribution in [0.25, 0.3) is 11.1 Å². The number of carboxylic acids is 1. The first-order valence-electron chi connectivity index (χ1n) is 11.3. The molecule has 2 amide bonds. The lowest BCUT2D eigenvalue weighted by molar-refractivity contribution is -0.118. The molecule has 0 bridgehead atoms. The number of amides is 2. The number of aromatic carboxylic acids is 1. The van der Waals surface area contributed by atoms with Gasteiger partial charge in [0.05, 0.1) is 11.3 Å². The van der Waals surface area contributed by atoms with Gasteiger partial charge in [-0.15, -0.1) is 0 Å². The predicted molar refractivity (Wildman–Crippen MR) is 134 cm³/mol. The van der Waals surface area contributed by atoms with Gasteiger partial charge in [0.2, 0.25) is 5.91 Å². The SMILES string of the molecule is CCCC(NC(=O)OCC1c2ccccc2-c2ccccc21)C(=O)Nc1cc(Cl)ccc1C(=O)O. The average molecular weight is 493 g/mol. The quantitative estimate of drug-likeness (QED) is 0.375. The lowest BCUT2D eigenvalue weighted by Gasteiger charge is -2.20. The Hall–Kier alpha value is -3.84. The number of carbonyl (C=O) groups is 3. The molecule has 0 fully saturated rings. The molecule has 3 N–H and O–H groups in total. The van der Waals surface area contributed by atoms with Gasteiger partial charge in [0.1, 0.15) is 12.6 Å². The molecule has 0 aliphatic heterocycles. The molecule has 1 unspecified atom stereocenters. The van der Waals surface area contributed by atoms with Crippen molar-refractivity contribution in [1.82, 2.24) is 5.32 Å². The van der Waals surface area contributed by atoms with Crippen molar-refractivity contribution < 1.29 is 24.2 Å². The van der Waals surface area contributed by atoms with Crippen molar-refractivity contribution in [2.75, 3.05) is 11.9 Å². The first-order chi connectivity index (χ1) is 16.9. The zero-order valence-electron chi connectivity index (χ0n) is 19.1. The van der Waals surface area contributed by atoms with Gasteiger partial charge in [-0.2, -0.15) is 0 Å². The van der Waals surface area contributed by atoms with Crippen molar-refractivity contribution in [1.29, 1.82) is 0 Å². The van der Waals surface area contributed by atoms with E-state index >= 15 is 0 Å². The minimum Gasteiger partial charge on any atom is -0.478 e. The molecule has 180 valence electrons. The number of fused-ring (bicyclic) bond motifs is 3. The summed E-state index contributed by atoms with van der Waals surface area (Å²) in [7, 11) is 0. The molecular formula is C27H25ClN2O5. The van der Waals surface area contributed by atoms with Gasteiger partial charge in [-0.05, 0) is 46.9 Å². The van der Waals surface area contributed by atoms with E-state index in [1.165, 1.54) is 18.2 Å². The predicted octanol–water partition coefficient (Wildman–Crippen LogP) is 5.68. The van der Waals surface area contributed by atoms with Crippen molar-refractivity contribution >= 4 is 35.3 Å². The van der Waals surface area contributed by atoms with Crippen LogP contribution in [0.3, 0.4) is 0 Å². The van der Waals surface area contributed by atoms with Gasteiger partial charge >= 0.3 is 12.1 Å². The first-order valence-corrected chi connectivity index (χ1v) is 11.7. The van der Waals surface area contributed by atoms with E-state index in [0.717, 1.165) is 22.3 Å². The summed E-state index contributed by atoms with van der Waals surface area (Å²) in [6, 6.07) is 19.2. The molecule has 7 nitrogen and oxygen atoms in total. The third kappa shape index (κ3) is 5.30. The van der Waals surface area contributed by atoms with Crippen LogP contribution in [0.15, 0.2) is 66.7 Å². The van der Waals surface area contributed by atoms with E-state index in [0.29, 0.717) is 12.8 Å². The van der Waals surface area contributed by atoms with E-state index in [1.54, 1.807) is 0 Å². The van der Waals surface area contributed by atoms with Crippen LogP contribution in [0.2, 0.25) is 5.02 Å². The van der Waals surface area contributed by atoms with Gasteiger partial charge in [-0.1, -0.05) is 73.5 Å². The van der Waals surface area contributed by atoms with Gasteiger partial charge in [-0.3, -0.25) is 4.79 Å². The highest BCUT2D eigenvalue weighted by atomic mass is 35.5. The summed E-state index contributed by atoms with van der Waals surface area (Å²) < 4.78 is 5.55. The molecule has 35 heavy (non-hydrogen) atoms. The summed E-state index contributed by atoms with van der Waals surface area (Å²) in [4.78, 5) is 37.1. The molecule has 3 aromatic carbocycles. The van der Waals surface area contributed by atoms with E-state index in [9.17, 15) is 19.5 Å². The molecule has 1 aliphatic carbocycles. The van der Waals surface area contributed by atoms with E-state index in [2.05, 4.69) is 22.8 Å². The van der Waals surface area contributed by atoms with Crippen LogP contribution in [0.5, 0.6) is 0 Å². The van der Waals surface area contributed by atoms with Crippen LogP contribution in [0.1, 0.15) is 47.2 Å². The van der Waals surface area contributed by atoms with Gasteiger partial charge in [0.25, 0.3) is 0 Å². The zero-order valence-corrected chi connectivity index (χ0v) is 19.8. The third-order valence-corrected chi connectivity index (χ3v) is 6.23. The molecule has 3 aromatic rings. The van der Waals surface area contributed by atoms with Crippen molar-refractivity contribution in [3.05, 3.63) is 88.4 Å². The van der Waals surface area contributed by atoms with E-state index in [1.807, 2.05) is 43.3 Å². The number of hydrogen-bond acceptors (Lipinski definition) is 4. The second kappa shape index (κ2) is 10.6. The van der Waals surface area contributed by atoms with Crippen molar-refractivity contribution in [2.24, 2.45) is 0 Å². The third-order valence-electron chi connectivity index (χ3n) is 6.00. The Labute approximate surface area is 208 Å². The van der Waals surface area contributed by atoms with Gasteiger partial charge in [0, 0.05) is 10.9 Å². The molecule has 8 heteroatoms. The van der Waals surface area contributed by atoms with Crippen LogP contribution >= 0.6 is 11.6 Å². The number of alkyl carbamates (subject to hydrolysis) is 1. The Morgan fingerprint density at radius 2 is 1.63 bits per heavy atom. The summed E-state index contributed by atoms with van der Waals surface area (Å²) in [6.07, 6.45) is 0.243. The minimum atomic E-state index is -1.20. The maximum absolute atomic E-state index is 12.9. The molecule has 0 aromatic heterocycles. The van der Waals surface area contributed by atoms with E-state index in [-0.39, 0.29) is 28.8 Å². The lowest BCUT2D eigenvalue weighted by Crippen LogP contribution is -2.44. The van der Waals surface area contributed by atoms with Crippen molar-refractivity contribution in [3.63, 3.8) is 0 Å². The van der Waals surface area contributed by atoms with Crippen LogP contribution in [-0.2, 0) is 9.53 Å². The maximum Gasteiger partial charge on any atom is 0.407 e. The van der Waals surface area contributed by atoms with E-state index < -0.39 is 24.0 Å². The molecule has 0 heterocycles. The Bertz CT molecular complexity index is 1230. The molecule has 0 radical (unpaired) electrons. The maximum atomic E-state index is 12.9. The Balaban J connectivity index is 1.43. The van der Waals surface area contributed by atoms with Gasteiger partial charge in [0.15, 0.2) is 0 Å². The van der Waals surface area contributed by atoms with Crippen LogP contribution in [0.4, 0.5) is 10.5 Å². The highest BCUT2D eigenvalue weighted by Crippen LogP contribution is 2.44. The summed E-state index contributed by atoms with van der Waals surface area (Å²) in [5, 5.41) is 14.9. The molecule has 0 saturated heterocycles. The number of carbonyl (C=O) groups excluding carboxylic acids is 2. The first kappa shape index (κ1) is 24.3. The summed E-state index contributed by atoms with van der Waals surface area (Å²) in [6.45, 7) is 2.00. The number of carboxylic acid groups (broad SMARTS) is 1. The summed E-state index contributed by atoms with van der Waals surface area (Å²) in [5.41, 5.74) is 4.38. The fourth-order valence-electron chi connectivity index (χ4n) is 4.37. The summed E-state index contributed by atoms with van der Waals surface area (Å²) >= 11 is 5.97. The fraction of sp³-hybridized carbons (Fsp3) is 0.222. The number of benzene rings is 3. The van der Waals surface area contributed by atoms with Crippen molar-refractivity contribution in [2.45, 2.75) is 31.7 Å². The second-order valence-electron chi connectivity index (χ2n) is 8.30. The van der Waals surface area contributed by atoms with E-state index in [4.69, 9.17) is 16.3 Å². The molecule has 1 atom stereocenters. The fourth-order valence-corrected chi connectivity index (χ4v) is 4.54. The normalized spacial score (nSPS) is 12.9. The van der Waals surface area contributed by atoms with Crippen LogP contribution in [-0.4, -0.2) is 35.7 Å². The van der Waals surface area contributed by atoms with Crippen molar-refractivity contribution in [3.8, 4) is 11.1 Å². The Kier molecular flexibility index (Phi) is 7.36. The number of ether oxygens (including phenoxy) is 1. The zero-order chi connectivity index (χ0) is 24.9. The van der Waals surface area contributed by atoms with Crippen LogP contribution in [0, 0.1) is 0 Å². The number of hydrogen-bond donors (Lipinski definition) is 3. The molecule has 0 spiro atoms. The second-order valence-corrected chi connectivity index (χ2v) is 8.73. The average Bonchev–Trinajstić information content (AvgIpc) is 3.16. The molecule has 1 aliphatic rings. The minimum absolute atomic E-state index is 0.0606. The molecule has 0 saturated carbocycles. The largest absolute Gasteiger partial charge is 0.478 e. The number of anilines is 1. The highest BCUT2D eigenvalue weighted by Gasteiger charge is 2.30. The monoisotopic (exact) mass is 492 g/mol. The summed E-state index contributed by atoms with van der Waals surface area (Å²) in [5.74, 6) is -1.85. The lowest BCUT2D eigenvalue weighted by atomic mass is 9.98. The Morgan fingerprint density at radius 1 is 1.00 bits per heavy atom. The van der Waals surface area contributed by atoms with Crippen LogP contribution < -0.4 is 10.6 Å². The van der Waals surface area contributed by atoms with Gasteiger partial charge < -0.3 is 20.5 Å². The van der Waals surface area contributed by atoms with Gasteiger partial charge in [-0.25, -0.2) is 9.59 Å². The molecular weight excluding hydrogens is 468 g/mol. The topological polar surface area (TPSA) is 105 Å². The number of halogens is 1. The highest BCUT2D eigenvalue weighted by molar-refractivity contribution is 6.31. The smallest absolute Gasteiger partial charge is 0.407 e. The standard InChI is InChI=1S/C27H25ClN2O5/c1-2-7-23(25(31)29-24-14-16(28)12-13-21(24)26(32)33)30-27(34)35-15-22-19-10-5-3-8-17(19)18-9-4-6-11-20(18)22/h3-6,8-14,22-23H,2,7,15H2,1H3,(H,29,31)(H,30,34)(H,32,33). The Morgan fingerprint density at radius 3 is 2.23 bits per heavy atom.